The Morgan fingerprint density at radius 3 is 2.42 bits per heavy atom. The van der Waals surface area contributed by atoms with Crippen molar-refractivity contribution in [3.05, 3.63) is 66.4 Å². The van der Waals surface area contributed by atoms with Gasteiger partial charge in [-0.05, 0) is 30.2 Å². The molecule has 1 aromatic heterocycles. The Morgan fingerprint density at radius 2 is 1.73 bits per heavy atom. The van der Waals surface area contributed by atoms with Crippen LogP contribution in [0.3, 0.4) is 0 Å². The van der Waals surface area contributed by atoms with Crippen LogP contribution in [0.4, 0.5) is 5.82 Å². The number of carbonyl (C=O) groups is 2. The second-order valence-electron chi connectivity index (χ2n) is 5.50. The molecule has 3 rings (SSSR count). The molecule has 0 saturated carbocycles. The molecule has 132 valence electrons. The number of esters is 1. The summed E-state index contributed by atoms with van der Waals surface area (Å²) >= 11 is 0. The minimum absolute atomic E-state index is 0.0531. The molecule has 0 saturated heterocycles. The highest BCUT2D eigenvalue weighted by Crippen LogP contribution is 2.19. The van der Waals surface area contributed by atoms with Gasteiger partial charge in [0.15, 0.2) is 5.82 Å². The van der Waals surface area contributed by atoms with Gasteiger partial charge in [0.2, 0.25) is 0 Å². The minimum Gasteiger partial charge on any atom is -0.465 e. The molecule has 0 aliphatic carbocycles. The molecule has 0 bridgehead atoms. The van der Waals surface area contributed by atoms with Crippen LogP contribution in [0, 0.1) is 0 Å². The van der Waals surface area contributed by atoms with Crippen LogP contribution >= 0.6 is 0 Å². The zero-order chi connectivity index (χ0) is 18.4. The third-order valence-electron chi connectivity index (χ3n) is 3.63. The van der Waals surface area contributed by atoms with Crippen LogP contribution in [0.5, 0.6) is 0 Å². The number of benzene rings is 2. The van der Waals surface area contributed by atoms with E-state index in [0.717, 1.165) is 11.1 Å². The number of carbonyl (C=O) groups excluding carboxylic acids is 2. The fourth-order valence-corrected chi connectivity index (χ4v) is 2.41. The smallest absolute Gasteiger partial charge is 0.327 e. The van der Waals surface area contributed by atoms with Crippen molar-refractivity contribution in [2.75, 3.05) is 11.9 Å². The van der Waals surface area contributed by atoms with Gasteiger partial charge >= 0.3 is 5.97 Å². The monoisotopic (exact) mass is 350 g/mol. The Labute approximate surface area is 150 Å². The van der Waals surface area contributed by atoms with Crippen LogP contribution in [0.25, 0.3) is 11.1 Å². The number of anilines is 1. The summed E-state index contributed by atoms with van der Waals surface area (Å²) in [6, 6.07) is 17.2. The number of hydrogen-bond acceptors (Lipinski definition) is 5. The van der Waals surface area contributed by atoms with Crippen LogP contribution in [0.15, 0.2) is 60.8 Å². The van der Waals surface area contributed by atoms with Gasteiger partial charge in [0.25, 0.3) is 5.91 Å². The number of nitrogens with one attached hydrogen (secondary N) is 1. The van der Waals surface area contributed by atoms with Crippen LogP contribution in [-0.2, 0) is 16.1 Å². The molecule has 2 aromatic carbocycles. The Kier molecular flexibility index (Phi) is 5.38. The molecule has 0 aliphatic heterocycles. The number of aromatic nitrogens is 3. The predicted octanol–water partition coefficient (Wildman–Crippen LogP) is 2.76. The van der Waals surface area contributed by atoms with Crippen molar-refractivity contribution in [1.29, 1.82) is 0 Å². The van der Waals surface area contributed by atoms with Crippen molar-refractivity contribution >= 4 is 17.7 Å². The molecule has 0 fully saturated rings. The van der Waals surface area contributed by atoms with Crippen molar-refractivity contribution < 1.29 is 14.3 Å². The highest BCUT2D eigenvalue weighted by molar-refractivity contribution is 6.03. The van der Waals surface area contributed by atoms with E-state index in [1.807, 2.05) is 42.5 Å². The van der Waals surface area contributed by atoms with Gasteiger partial charge in [-0.1, -0.05) is 47.7 Å². The molecule has 0 atom stereocenters. The fraction of sp³-hybridized carbons (Fsp3) is 0.158. The van der Waals surface area contributed by atoms with Crippen LogP contribution < -0.4 is 5.32 Å². The fourth-order valence-electron chi connectivity index (χ4n) is 2.41. The van der Waals surface area contributed by atoms with Crippen LogP contribution in [0.2, 0.25) is 0 Å². The van der Waals surface area contributed by atoms with E-state index in [1.54, 1.807) is 19.1 Å². The first kappa shape index (κ1) is 17.3. The Morgan fingerprint density at radius 1 is 1.04 bits per heavy atom. The summed E-state index contributed by atoms with van der Waals surface area (Å²) in [6.45, 7) is 1.98. The van der Waals surface area contributed by atoms with Gasteiger partial charge in [0.1, 0.15) is 6.54 Å². The summed E-state index contributed by atoms with van der Waals surface area (Å²) < 4.78 is 6.15. The predicted molar refractivity (Wildman–Crippen MR) is 96.5 cm³/mol. The molecule has 0 spiro atoms. The molecule has 1 heterocycles. The minimum atomic E-state index is -0.410. The summed E-state index contributed by atoms with van der Waals surface area (Å²) in [5.41, 5.74) is 2.62. The largest absolute Gasteiger partial charge is 0.465 e. The second-order valence-corrected chi connectivity index (χ2v) is 5.50. The molecule has 26 heavy (non-hydrogen) atoms. The normalized spacial score (nSPS) is 10.3. The Hall–Kier alpha value is -3.48. The average Bonchev–Trinajstić information content (AvgIpc) is 3.09. The summed E-state index contributed by atoms with van der Waals surface area (Å²) in [5, 5.41) is 10.3. The molecule has 1 N–H and O–H groups in total. The maximum Gasteiger partial charge on any atom is 0.327 e. The van der Waals surface area contributed by atoms with E-state index in [-0.39, 0.29) is 18.3 Å². The molecular formula is C19H18N4O3. The maximum atomic E-state index is 12.3. The lowest BCUT2D eigenvalue weighted by Gasteiger charge is -2.04. The van der Waals surface area contributed by atoms with Crippen LogP contribution in [-0.4, -0.2) is 33.5 Å². The van der Waals surface area contributed by atoms with Crippen LogP contribution in [0.1, 0.15) is 17.3 Å². The van der Waals surface area contributed by atoms with E-state index in [2.05, 4.69) is 15.6 Å². The summed E-state index contributed by atoms with van der Waals surface area (Å²) in [7, 11) is 0. The molecule has 1 amide bonds. The Bertz CT molecular complexity index is 889. The van der Waals surface area contributed by atoms with Gasteiger partial charge in [-0.25, -0.2) is 4.68 Å². The number of nitrogens with zero attached hydrogens (tertiary/aromatic N) is 3. The zero-order valence-electron chi connectivity index (χ0n) is 14.3. The van der Waals surface area contributed by atoms with Gasteiger partial charge in [-0.3, -0.25) is 9.59 Å². The summed E-state index contributed by atoms with van der Waals surface area (Å²) in [5.74, 6) is -0.439. The van der Waals surface area contributed by atoms with E-state index >= 15 is 0 Å². The lowest BCUT2D eigenvalue weighted by atomic mass is 10.0. The number of ether oxygens (including phenoxy) is 1. The number of hydrogen-bond donors (Lipinski definition) is 1. The SMILES string of the molecule is CCOC(=O)Cn1cc(NC(=O)c2ccc(-c3ccccc3)cc2)nn1. The molecule has 0 radical (unpaired) electrons. The van der Waals surface area contributed by atoms with Gasteiger partial charge in [-0.15, -0.1) is 5.10 Å². The third kappa shape index (κ3) is 4.32. The van der Waals surface area contributed by atoms with Crippen molar-refractivity contribution in [2.24, 2.45) is 0 Å². The third-order valence-corrected chi connectivity index (χ3v) is 3.63. The van der Waals surface area contributed by atoms with Gasteiger partial charge in [-0.2, -0.15) is 0 Å². The van der Waals surface area contributed by atoms with Crippen molar-refractivity contribution in [3.63, 3.8) is 0 Å². The zero-order valence-corrected chi connectivity index (χ0v) is 14.3. The summed E-state index contributed by atoms with van der Waals surface area (Å²) in [4.78, 5) is 23.7. The van der Waals surface area contributed by atoms with E-state index in [9.17, 15) is 9.59 Å². The number of amides is 1. The molecule has 3 aromatic rings. The Balaban J connectivity index is 1.63. The summed E-state index contributed by atoms with van der Waals surface area (Å²) in [6.07, 6.45) is 1.48. The molecule has 7 nitrogen and oxygen atoms in total. The number of rotatable bonds is 6. The first-order valence-electron chi connectivity index (χ1n) is 8.18. The van der Waals surface area contributed by atoms with Gasteiger partial charge in [0.05, 0.1) is 12.8 Å². The average molecular weight is 350 g/mol. The molecule has 0 unspecified atom stereocenters. The standard InChI is InChI=1S/C19H18N4O3/c1-2-26-18(24)13-23-12-17(21-22-23)20-19(25)16-10-8-15(9-11-16)14-6-4-3-5-7-14/h3-12H,2,13H2,1H3,(H,20,25). The molecule has 0 aliphatic rings. The van der Waals surface area contributed by atoms with E-state index < -0.39 is 5.97 Å². The van der Waals surface area contributed by atoms with Crippen molar-refractivity contribution in [2.45, 2.75) is 13.5 Å². The lowest BCUT2D eigenvalue weighted by molar-refractivity contribution is -0.144. The van der Waals surface area contributed by atoms with E-state index in [0.29, 0.717) is 12.2 Å². The maximum absolute atomic E-state index is 12.3. The highest BCUT2D eigenvalue weighted by Gasteiger charge is 2.11. The first-order chi connectivity index (χ1) is 12.7. The highest BCUT2D eigenvalue weighted by atomic mass is 16.5. The van der Waals surface area contributed by atoms with E-state index in [4.69, 9.17) is 4.74 Å². The van der Waals surface area contributed by atoms with Gasteiger partial charge < -0.3 is 10.1 Å². The molecule has 7 heteroatoms. The topological polar surface area (TPSA) is 86.1 Å². The first-order valence-corrected chi connectivity index (χ1v) is 8.18. The van der Waals surface area contributed by atoms with E-state index in [1.165, 1.54) is 10.9 Å². The molecular weight excluding hydrogens is 332 g/mol. The lowest BCUT2D eigenvalue weighted by Crippen LogP contribution is -2.14. The van der Waals surface area contributed by atoms with Crippen molar-refractivity contribution in [3.8, 4) is 11.1 Å². The second kappa shape index (κ2) is 8.06. The quantitative estimate of drug-likeness (QED) is 0.691. The van der Waals surface area contributed by atoms with Gasteiger partial charge in [0, 0.05) is 5.56 Å². The van der Waals surface area contributed by atoms with Crippen molar-refractivity contribution in [1.82, 2.24) is 15.0 Å².